The highest BCUT2D eigenvalue weighted by Gasteiger charge is 2.23. The zero-order valence-corrected chi connectivity index (χ0v) is 17.8. The van der Waals surface area contributed by atoms with E-state index in [0.29, 0.717) is 17.2 Å². The number of nitrogens with zero attached hydrogens (tertiary/aromatic N) is 4. The first-order valence-electron chi connectivity index (χ1n) is 10.6. The highest BCUT2D eigenvalue weighted by Crippen LogP contribution is 2.34. The monoisotopic (exact) mass is 428 g/mol. The molecule has 1 saturated heterocycles. The summed E-state index contributed by atoms with van der Waals surface area (Å²) in [6.07, 6.45) is 8.03. The molecule has 1 fully saturated rings. The largest absolute Gasteiger partial charge is 0.378 e. The molecule has 0 bridgehead atoms. The SMILES string of the molecule is Cc1cncc(-c2cc3c(c(Nc4ccc(N5CCOCC5)cc4)n2)C(C=O)NC=C3)n1. The highest BCUT2D eigenvalue weighted by molar-refractivity contribution is 5.79. The van der Waals surface area contributed by atoms with Gasteiger partial charge in [0.25, 0.3) is 0 Å². The Balaban J connectivity index is 1.51. The van der Waals surface area contributed by atoms with Gasteiger partial charge in [-0.3, -0.25) is 4.98 Å². The first-order chi connectivity index (χ1) is 15.7. The third-order valence-electron chi connectivity index (χ3n) is 5.60. The number of hydrogen-bond acceptors (Lipinski definition) is 8. The van der Waals surface area contributed by atoms with Crippen molar-refractivity contribution in [3.05, 3.63) is 65.7 Å². The summed E-state index contributed by atoms with van der Waals surface area (Å²) in [7, 11) is 0. The van der Waals surface area contributed by atoms with Crippen LogP contribution in [0.25, 0.3) is 17.5 Å². The molecular weight excluding hydrogens is 404 g/mol. The lowest BCUT2D eigenvalue weighted by atomic mass is 9.98. The second kappa shape index (κ2) is 8.76. The molecule has 1 unspecified atom stereocenters. The number of aromatic nitrogens is 3. The normalized spacial score (nSPS) is 17.4. The summed E-state index contributed by atoms with van der Waals surface area (Å²) in [5.41, 5.74) is 5.98. The molecule has 0 saturated carbocycles. The van der Waals surface area contributed by atoms with Crippen LogP contribution in [0.15, 0.2) is 48.9 Å². The summed E-state index contributed by atoms with van der Waals surface area (Å²) < 4.78 is 5.44. The third kappa shape index (κ3) is 4.04. The number of aldehydes is 1. The first-order valence-corrected chi connectivity index (χ1v) is 10.6. The Hall–Kier alpha value is -3.78. The molecule has 3 aromatic rings. The van der Waals surface area contributed by atoms with Gasteiger partial charge in [-0.25, -0.2) is 9.97 Å². The van der Waals surface area contributed by atoms with Gasteiger partial charge in [-0.05, 0) is 55.1 Å². The van der Waals surface area contributed by atoms with Crippen LogP contribution < -0.4 is 15.5 Å². The maximum absolute atomic E-state index is 11.8. The Bertz CT molecular complexity index is 1160. The van der Waals surface area contributed by atoms with E-state index in [4.69, 9.17) is 9.72 Å². The Morgan fingerprint density at radius 1 is 1.12 bits per heavy atom. The molecule has 162 valence electrons. The summed E-state index contributed by atoms with van der Waals surface area (Å²) in [5, 5.41) is 6.51. The fourth-order valence-electron chi connectivity index (χ4n) is 4.00. The number of pyridine rings is 1. The molecule has 1 atom stereocenters. The maximum atomic E-state index is 11.8. The van der Waals surface area contributed by atoms with E-state index in [2.05, 4.69) is 37.6 Å². The molecule has 0 spiro atoms. The molecule has 1 aromatic carbocycles. The van der Waals surface area contributed by atoms with Gasteiger partial charge in [-0.2, -0.15) is 0 Å². The number of carbonyl (C=O) groups is 1. The van der Waals surface area contributed by atoms with Crippen LogP contribution in [-0.2, 0) is 9.53 Å². The van der Waals surface area contributed by atoms with Crippen LogP contribution in [0.1, 0.15) is 22.9 Å². The minimum absolute atomic E-state index is 0.477. The second-order valence-corrected chi connectivity index (χ2v) is 7.79. The second-order valence-electron chi connectivity index (χ2n) is 7.79. The number of aryl methyl sites for hydroxylation is 1. The van der Waals surface area contributed by atoms with Crippen molar-refractivity contribution >= 4 is 29.6 Å². The van der Waals surface area contributed by atoms with Crippen molar-refractivity contribution in [2.24, 2.45) is 0 Å². The molecule has 32 heavy (non-hydrogen) atoms. The van der Waals surface area contributed by atoms with E-state index in [-0.39, 0.29) is 0 Å². The molecule has 8 heteroatoms. The molecule has 2 aliphatic heterocycles. The van der Waals surface area contributed by atoms with Crippen LogP contribution in [0, 0.1) is 6.92 Å². The first kappa shape index (κ1) is 20.1. The number of morpholine rings is 1. The number of fused-ring (bicyclic) bond motifs is 1. The van der Waals surface area contributed by atoms with E-state index in [1.54, 1.807) is 18.6 Å². The number of benzene rings is 1. The van der Waals surface area contributed by atoms with Gasteiger partial charge >= 0.3 is 0 Å². The van der Waals surface area contributed by atoms with Crippen molar-refractivity contribution in [3.63, 3.8) is 0 Å². The fourth-order valence-corrected chi connectivity index (χ4v) is 4.00. The van der Waals surface area contributed by atoms with Gasteiger partial charge in [0, 0.05) is 36.2 Å². The summed E-state index contributed by atoms with van der Waals surface area (Å²) in [6.45, 7) is 5.17. The van der Waals surface area contributed by atoms with Crippen molar-refractivity contribution in [1.29, 1.82) is 0 Å². The van der Waals surface area contributed by atoms with E-state index >= 15 is 0 Å². The molecule has 2 aromatic heterocycles. The molecule has 0 radical (unpaired) electrons. The van der Waals surface area contributed by atoms with Gasteiger partial charge in [0.15, 0.2) is 0 Å². The van der Waals surface area contributed by atoms with Gasteiger partial charge in [0.2, 0.25) is 0 Å². The Kier molecular flexibility index (Phi) is 5.51. The smallest absolute Gasteiger partial charge is 0.146 e. The number of rotatable bonds is 5. The van der Waals surface area contributed by atoms with Crippen LogP contribution in [0.5, 0.6) is 0 Å². The molecule has 2 N–H and O–H groups in total. The Labute approximate surface area is 186 Å². The molecular formula is C24H24N6O2. The summed E-state index contributed by atoms with van der Waals surface area (Å²) in [5.74, 6) is 0.619. The van der Waals surface area contributed by atoms with Gasteiger partial charge in [0.1, 0.15) is 23.8 Å². The van der Waals surface area contributed by atoms with Crippen LogP contribution in [0.2, 0.25) is 0 Å². The van der Waals surface area contributed by atoms with Crippen molar-refractivity contribution in [2.45, 2.75) is 13.0 Å². The minimum Gasteiger partial charge on any atom is -0.378 e. The van der Waals surface area contributed by atoms with Gasteiger partial charge in [-0.15, -0.1) is 0 Å². The minimum atomic E-state index is -0.477. The quantitative estimate of drug-likeness (QED) is 0.599. The van der Waals surface area contributed by atoms with Gasteiger partial charge < -0.3 is 25.1 Å². The highest BCUT2D eigenvalue weighted by atomic mass is 16.5. The van der Waals surface area contributed by atoms with E-state index < -0.39 is 6.04 Å². The molecule has 2 aliphatic rings. The van der Waals surface area contributed by atoms with E-state index in [1.807, 2.05) is 31.2 Å². The predicted octanol–water partition coefficient (Wildman–Crippen LogP) is 3.24. The summed E-state index contributed by atoms with van der Waals surface area (Å²) >= 11 is 0. The number of nitrogens with one attached hydrogen (secondary N) is 2. The number of hydrogen-bond donors (Lipinski definition) is 2. The molecule has 4 heterocycles. The lowest BCUT2D eigenvalue weighted by molar-refractivity contribution is -0.109. The van der Waals surface area contributed by atoms with Crippen molar-refractivity contribution < 1.29 is 9.53 Å². The van der Waals surface area contributed by atoms with Crippen molar-refractivity contribution in [2.75, 3.05) is 36.5 Å². The average molecular weight is 428 g/mol. The van der Waals surface area contributed by atoms with Crippen molar-refractivity contribution in [3.8, 4) is 11.4 Å². The Morgan fingerprint density at radius 2 is 1.94 bits per heavy atom. The van der Waals surface area contributed by atoms with E-state index in [9.17, 15) is 4.79 Å². The van der Waals surface area contributed by atoms with E-state index in [1.165, 1.54) is 0 Å². The standard InChI is InChI=1S/C24H24N6O2/c1-16-13-25-14-21(27-16)20-12-17-6-7-26-22(15-31)23(17)24(29-20)28-18-2-4-19(5-3-18)30-8-10-32-11-9-30/h2-7,12-15,22,26H,8-11H2,1H3,(H,28,29). The van der Waals surface area contributed by atoms with Crippen LogP contribution >= 0.6 is 0 Å². The van der Waals surface area contributed by atoms with Crippen LogP contribution in [-0.4, -0.2) is 47.5 Å². The van der Waals surface area contributed by atoms with Crippen molar-refractivity contribution in [1.82, 2.24) is 20.3 Å². The van der Waals surface area contributed by atoms with Crippen LogP contribution in [0.3, 0.4) is 0 Å². The summed E-state index contributed by atoms with van der Waals surface area (Å²) in [4.78, 5) is 27.7. The molecule has 0 aliphatic carbocycles. The average Bonchev–Trinajstić information content (AvgIpc) is 2.84. The zero-order valence-electron chi connectivity index (χ0n) is 17.8. The van der Waals surface area contributed by atoms with E-state index in [0.717, 1.165) is 60.8 Å². The zero-order chi connectivity index (χ0) is 21.9. The Morgan fingerprint density at radius 3 is 2.69 bits per heavy atom. The molecule has 8 nitrogen and oxygen atoms in total. The lowest BCUT2D eigenvalue weighted by Crippen LogP contribution is -2.36. The summed E-state index contributed by atoms with van der Waals surface area (Å²) in [6, 6.07) is 9.70. The number of ether oxygens (including phenoxy) is 1. The number of carbonyl (C=O) groups excluding carboxylic acids is 1. The fraction of sp³-hybridized carbons (Fsp3) is 0.250. The lowest BCUT2D eigenvalue weighted by Gasteiger charge is -2.29. The van der Waals surface area contributed by atoms with Gasteiger partial charge in [0.05, 0.1) is 30.8 Å². The number of anilines is 3. The van der Waals surface area contributed by atoms with Gasteiger partial charge in [-0.1, -0.05) is 0 Å². The van der Waals surface area contributed by atoms with Crippen LogP contribution in [0.4, 0.5) is 17.2 Å². The molecule has 0 amide bonds. The topological polar surface area (TPSA) is 92.3 Å². The predicted molar refractivity (Wildman–Crippen MR) is 124 cm³/mol. The maximum Gasteiger partial charge on any atom is 0.146 e. The third-order valence-corrected chi connectivity index (χ3v) is 5.60. The molecule has 5 rings (SSSR count).